The molecule has 1 saturated heterocycles. The number of nitrogens with zero attached hydrogens (tertiary/aromatic N) is 2. The first kappa shape index (κ1) is 15.7. The smallest absolute Gasteiger partial charge is 0.242 e. The van der Waals surface area contributed by atoms with E-state index in [-0.39, 0.29) is 5.91 Å². The van der Waals surface area contributed by atoms with E-state index in [1.54, 1.807) is 18.6 Å². The topological polar surface area (TPSA) is 95.2 Å². The predicted octanol–water partition coefficient (Wildman–Crippen LogP) is 1.44. The zero-order valence-corrected chi connectivity index (χ0v) is 13.5. The fourth-order valence-corrected chi connectivity index (χ4v) is 3.93. The van der Waals surface area contributed by atoms with Crippen LogP contribution in [0.25, 0.3) is 11.3 Å². The first-order valence-electron chi connectivity index (χ1n) is 7.31. The van der Waals surface area contributed by atoms with E-state index in [0.717, 1.165) is 17.5 Å². The van der Waals surface area contributed by atoms with Crippen molar-refractivity contribution in [2.45, 2.75) is 18.9 Å². The molecule has 1 unspecified atom stereocenters. The van der Waals surface area contributed by atoms with Crippen LogP contribution in [0.5, 0.6) is 0 Å². The Morgan fingerprint density at radius 2 is 2.26 bits per heavy atom. The van der Waals surface area contributed by atoms with Gasteiger partial charge in [-0.05, 0) is 25.0 Å². The van der Waals surface area contributed by atoms with Gasteiger partial charge in [-0.2, -0.15) is 4.31 Å². The van der Waals surface area contributed by atoms with Gasteiger partial charge < -0.3 is 10.3 Å². The SMILES string of the molecule is CS(=O)(=O)N1CCCC1C(=O)Nc1cccc(-c2cnc[nH]2)c1. The van der Waals surface area contributed by atoms with Crippen molar-refractivity contribution in [3.63, 3.8) is 0 Å². The molecule has 0 saturated carbocycles. The van der Waals surface area contributed by atoms with Gasteiger partial charge in [-0.15, -0.1) is 0 Å². The third-order valence-corrected chi connectivity index (χ3v) is 5.16. The summed E-state index contributed by atoms with van der Waals surface area (Å²) in [7, 11) is -3.37. The van der Waals surface area contributed by atoms with Crippen LogP contribution in [0.1, 0.15) is 12.8 Å². The third kappa shape index (κ3) is 3.43. The number of carbonyl (C=O) groups is 1. The summed E-state index contributed by atoms with van der Waals surface area (Å²) in [6, 6.07) is 6.69. The van der Waals surface area contributed by atoms with E-state index in [9.17, 15) is 13.2 Å². The van der Waals surface area contributed by atoms with Crippen LogP contribution in [0.4, 0.5) is 5.69 Å². The molecule has 1 fully saturated rings. The van der Waals surface area contributed by atoms with E-state index in [4.69, 9.17) is 0 Å². The van der Waals surface area contributed by atoms with E-state index in [1.165, 1.54) is 4.31 Å². The minimum atomic E-state index is -3.37. The van der Waals surface area contributed by atoms with Crippen LogP contribution in [0.2, 0.25) is 0 Å². The number of nitrogens with one attached hydrogen (secondary N) is 2. The molecule has 1 aromatic carbocycles. The summed E-state index contributed by atoms with van der Waals surface area (Å²) in [6.07, 6.45) is 5.66. The van der Waals surface area contributed by atoms with Gasteiger partial charge >= 0.3 is 0 Å². The normalized spacial score (nSPS) is 18.9. The maximum absolute atomic E-state index is 12.4. The quantitative estimate of drug-likeness (QED) is 0.884. The highest BCUT2D eigenvalue weighted by Crippen LogP contribution is 2.24. The number of aromatic amines is 1. The number of hydrogen-bond acceptors (Lipinski definition) is 4. The molecule has 2 heterocycles. The summed E-state index contributed by atoms with van der Waals surface area (Å²) in [5.74, 6) is -0.297. The molecule has 2 aromatic rings. The van der Waals surface area contributed by atoms with Crippen LogP contribution >= 0.6 is 0 Å². The Hall–Kier alpha value is -2.19. The Labute approximate surface area is 134 Å². The Morgan fingerprint density at radius 3 is 2.96 bits per heavy atom. The molecule has 1 aliphatic rings. The van der Waals surface area contributed by atoms with Gasteiger partial charge in [-0.25, -0.2) is 13.4 Å². The lowest BCUT2D eigenvalue weighted by atomic mass is 10.1. The van der Waals surface area contributed by atoms with Crippen molar-refractivity contribution in [3.05, 3.63) is 36.8 Å². The van der Waals surface area contributed by atoms with Crippen molar-refractivity contribution in [3.8, 4) is 11.3 Å². The van der Waals surface area contributed by atoms with E-state index < -0.39 is 16.1 Å². The minimum absolute atomic E-state index is 0.297. The van der Waals surface area contributed by atoms with Crippen LogP contribution in [-0.2, 0) is 14.8 Å². The number of H-pyrrole nitrogens is 1. The summed E-state index contributed by atoms with van der Waals surface area (Å²) >= 11 is 0. The molecule has 0 aliphatic carbocycles. The van der Waals surface area contributed by atoms with Gasteiger partial charge in [0.2, 0.25) is 15.9 Å². The van der Waals surface area contributed by atoms with E-state index in [1.807, 2.05) is 18.2 Å². The van der Waals surface area contributed by atoms with Crippen LogP contribution in [0, 0.1) is 0 Å². The summed E-state index contributed by atoms with van der Waals surface area (Å²) in [4.78, 5) is 19.4. The third-order valence-electron chi connectivity index (χ3n) is 3.87. The number of hydrogen-bond donors (Lipinski definition) is 2. The molecule has 0 spiro atoms. The Kier molecular flexibility index (Phi) is 4.18. The van der Waals surface area contributed by atoms with E-state index in [0.29, 0.717) is 25.1 Å². The second-order valence-corrected chi connectivity index (χ2v) is 7.50. The fraction of sp³-hybridized carbons (Fsp3) is 0.333. The monoisotopic (exact) mass is 334 g/mol. The zero-order valence-electron chi connectivity index (χ0n) is 12.7. The maximum atomic E-state index is 12.4. The number of imidazole rings is 1. The molecule has 2 N–H and O–H groups in total. The van der Waals surface area contributed by atoms with Gasteiger partial charge in [0.25, 0.3) is 0 Å². The summed E-state index contributed by atoms with van der Waals surface area (Å²) in [6.45, 7) is 0.394. The molecule has 1 aromatic heterocycles. The molecule has 122 valence electrons. The second kappa shape index (κ2) is 6.13. The average Bonchev–Trinajstić information content (AvgIpc) is 3.18. The molecule has 0 radical (unpaired) electrons. The van der Waals surface area contributed by atoms with Crippen molar-refractivity contribution in [2.75, 3.05) is 18.1 Å². The number of rotatable bonds is 4. The van der Waals surface area contributed by atoms with Gasteiger partial charge in [-0.3, -0.25) is 4.79 Å². The van der Waals surface area contributed by atoms with E-state index >= 15 is 0 Å². The molecule has 1 atom stereocenters. The van der Waals surface area contributed by atoms with Crippen LogP contribution < -0.4 is 5.32 Å². The molecular formula is C15H18N4O3S. The van der Waals surface area contributed by atoms with Gasteiger partial charge in [0, 0.05) is 17.8 Å². The number of benzene rings is 1. The second-order valence-electron chi connectivity index (χ2n) is 5.57. The lowest BCUT2D eigenvalue weighted by Gasteiger charge is -2.21. The summed E-state index contributed by atoms with van der Waals surface area (Å²) in [5, 5.41) is 2.81. The Bertz CT molecular complexity index is 802. The molecular weight excluding hydrogens is 316 g/mol. The van der Waals surface area contributed by atoms with Crippen LogP contribution in [-0.4, -0.2) is 47.4 Å². The highest BCUT2D eigenvalue weighted by atomic mass is 32.2. The van der Waals surface area contributed by atoms with Gasteiger partial charge in [0.1, 0.15) is 6.04 Å². The lowest BCUT2D eigenvalue weighted by molar-refractivity contribution is -0.119. The Morgan fingerprint density at radius 1 is 1.43 bits per heavy atom. The first-order valence-corrected chi connectivity index (χ1v) is 9.16. The largest absolute Gasteiger partial charge is 0.345 e. The number of aromatic nitrogens is 2. The lowest BCUT2D eigenvalue weighted by Crippen LogP contribution is -2.42. The number of sulfonamides is 1. The molecule has 0 bridgehead atoms. The summed E-state index contributed by atoms with van der Waals surface area (Å²) in [5.41, 5.74) is 2.37. The molecule has 1 amide bonds. The standard InChI is InChI=1S/C15H18N4O3S/c1-23(21,22)19-7-3-6-14(19)15(20)18-12-5-2-4-11(8-12)13-9-16-10-17-13/h2,4-5,8-10,14H,3,6-7H2,1H3,(H,16,17)(H,18,20). The number of amides is 1. The molecule has 23 heavy (non-hydrogen) atoms. The van der Waals surface area contributed by atoms with E-state index in [2.05, 4.69) is 15.3 Å². The predicted molar refractivity (Wildman–Crippen MR) is 87.2 cm³/mol. The van der Waals surface area contributed by atoms with Crippen LogP contribution in [0.3, 0.4) is 0 Å². The van der Waals surface area contributed by atoms with Gasteiger partial charge in [0.05, 0.1) is 24.5 Å². The highest BCUT2D eigenvalue weighted by Gasteiger charge is 2.36. The van der Waals surface area contributed by atoms with Gasteiger partial charge in [-0.1, -0.05) is 12.1 Å². The van der Waals surface area contributed by atoms with Crippen molar-refractivity contribution in [1.82, 2.24) is 14.3 Å². The average molecular weight is 334 g/mol. The van der Waals surface area contributed by atoms with Crippen molar-refractivity contribution in [2.24, 2.45) is 0 Å². The first-order chi connectivity index (χ1) is 10.9. The fourth-order valence-electron chi connectivity index (χ4n) is 2.80. The molecule has 1 aliphatic heterocycles. The van der Waals surface area contributed by atoms with Crippen LogP contribution in [0.15, 0.2) is 36.8 Å². The van der Waals surface area contributed by atoms with Crippen molar-refractivity contribution in [1.29, 1.82) is 0 Å². The maximum Gasteiger partial charge on any atom is 0.242 e. The van der Waals surface area contributed by atoms with Crippen molar-refractivity contribution < 1.29 is 13.2 Å². The van der Waals surface area contributed by atoms with Crippen molar-refractivity contribution >= 4 is 21.6 Å². The molecule has 7 nitrogen and oxygen atoms in total. The Balaban J connectivity index is 1.77. The minimum Gasteiger partial charge on any atom is -0.345 e. The summed E-state index contributed by atoms with van der Waals surface area (Å²) < 4.78 is 24.8. The number of carbonyl (C=O) groups excluding carboxylic acids is 1. The molecule has 3 rings (SSSR count). The zero-order chi connectivity index (χ0) is 16.4. The highest BCUT2D eigenvalue weighted by molar-refractivity contribution is 7.88. The molecule has 8 heteroatoms. The van der Waals surface area contributed by atoms with Gasteiger partial charge in [0.15, 0.2) is 0 Å². The number of anilines is 1.